The van der Waals surface area contributed by atoms with Crippen LogP contribution in [-0.2, 0) is 14.8 Å². The van der Waals surface area contributed by atoms with Crippen LogP contribution in [-0.4, -0.2) is 32.7 Å². The molecule has 1 aliphatic heterocycles. The zero-order valence-corrected chi connectivity index (χ0v) is 11.9. The Balaban J connectivity index is 2.24. The lowest BCUT2D eigenvalue weighted by Gasteiger charge is -2.22. The number of H-pyrrole nitrogens is 1. The number of ether oxygens (including phenoxy) is 1. The van der Waals surface area contributed by atoms with Crippen molar-refractivity contribution in [1.82, 2.24) is 9.71 Å². The first-order valence-corrected chi connectivity index (χ1v) is 7.75. The van der Waals surface area contributed by atoms with Gasteiger partial charge in [0.1, 0.15) is 4.90 Å². The van der Waals surface area contributed by atoms with Crippen molar-refractivity contribution in [1.29, 1.82) is 0 Å². The Kier molecular flexibility index (Phi) is 4.21. The van der Waals surface area contributed by atoms with E-state index in [1.807, 2.05) is 0 Å². The summed E-state index contributed by atoms with van der Waals surface area (Å²) in [4.78, 5) is 13.6. The van der Waals surface area contributed by atoms with Gasteiger partial charge in [-0.25, -0.2) is 13.1 Å². The molecule has 0 atom stereocenters. The Labute approximate surface area is 113 Å². The largest absolute Gasteiger partial charge is 0.381 e. The Morgan fingerprint density at radius 3 is 2.72 bits per heavy atom. The van der Waals surface area contributed by atoms with Crippen LogP contribution in [0.15, 0.2) is 26.4 Å². The van der Waals surface area contributed by atoms with Gasteiger partial charge < -0.3 is 9.72 Å². The van der Waals surface area contributed by atoms with Gasteiger partial charge in [-0.3, -0.25) is 4.79 Å². The number of hydrogen-bond acceptors (Lipinski definition) is 4. The lowest BCUT2D eigenvalue weighted by Crippen LogP contribution is -2.40. The van der Waals surface area contributed by atoms with Crippen LogP contribution in [0.25, 0.3) is 0 Å². The molecule has 0 aliphatic carbocycles. The van der Waals surface area contributed by atoms with E-state index in [0.29, 0.717) is 30.5 Å². The first-order valence-electron chi connectivity index (χ1n) is 5.47. The molecule has 2 heterocycles. The average Bonchev–Trinajstić information content (AvgIpc) is 2.33. The van der Waals surface area contributed by atoms with Gasteiger partial charge in [-0.1, -0.05) is 0 Å². The number of aromatic nitrogens is 1. The van der Waals surface area contributed by atoms with Crippen LogP contribution in [0.1, 0.15) is 12.8 Å². The molecule has 0 bridgehead atoms. The third-order valence-corrected chi connectivity index (χ3v) is 4.65. The van der Waals surface area contributed by atoms with Crippen LogP contribution in [0.5, 0.6) is 0 Å². The van der Waals surface area contributed by atoms with E-state index in [0.717, 1.165) is 0 Å². The highest BCUT2D eigenvalue weighted by molar-refractivity contribution is 9.10. The van der Waals surface area contributed by atoms with Gasteiger partial charge >= 0.3 is 0 Å². The third kappa shape index (κ3) is 3.19. The fraction of sp³-hybridized carbons (Fsp3) is 0.500. The molecule has 0 spiro atoms. The smallest absolute Gasteiger partial charge is 0.268 e. The molecule has 18 heavy (non-hydrogen) atoms. The van der Waals surface area contributed by atoms with Crippen molar-refractivity contribution >= 4 is 26.0 Å². The van der Waals surface area contributed by atoms with Crippen LogP contribution < -0.4 is 10.3 Å². The van der Waals surface area contributed by atoms with E-state index >= 15 is 0 Å². The molecule has 0 aromatic carbocycles. The number of rotatable bonds is 3. The van der Waals surface area contributed by atoms with Crippen LogP contribution in [0.2, 0.25) is 0 Å². The fourth-order valence-corrected chi connectivity index (χ4v) is 3.62. The molecule has 0 unspecified atom stereocenters. The average molecular weight is 337 g/mol. The van der Waals surface area contributed by atoms with Gasteiger partial charge in [0.25, 0.3) is 5.56 Å². The molecule has 2 rings (SSSR count). The summed E-state index contributed by atoms with van der Waals surface area (Å²) in [5.41, 5.74) is -0.627. The first kappa shape index (κ1) is 13.7. The predicted octanol–water partition coefficient (Wildman–Crippen LogP) is 0.595. The van der Waals surface area contributed by atoms with Gasteiger partial charge in [0.15, 0.2) is 0 Å². The fourth-order valence-electron chi connectivity index (χ4n) is 1.74. The minimum atomic E-state index is -3.79. The molecule has 1 aromatic rings. The molecule has 1 saturated heterocycles. The second-order valence-corrected chi connectivity index (χ2v) is 6.62. The van der Waals surface area contributed by atoms with Crippen LogP contribution in [0, 0.1) is 0 Å². The van der Waals surface area contributed by atoms with Gasteiger partial charge in [0, 0.05) is 29.9 Å². The molecule has 2 N–H and O–H groups in total. The second kappa shape index (κ2) is 5.52. The summed E-state index contributed by atoms with van der Waals surface area (Å²) in [5.74, 6) is 0. The van der Waals surface area contributed by atoms with Crippen molar-refractivity contribution in [3.8, 4) is 0 Å². The van der Waals surface area contributed by atoms with E-state index in [4.69, 9.17) is 4.74 Å². The standard InChI is InChI=1S/C10H13BrN2O4S/c11-7-5-9(10(14)12-6-7)18(15,16)13-8-1-3-17-4-2-8/h5-6,8,13H,1-4H2,(H,12,14). The molecular weight excluding hydrogens is 324 g/mol. The normalized spacial score (nSPS) is 17.8. The zero-order chi connectivity index (χ0) is 13.2. The quantitative estimate of drug-likeness (QED) is 0.845. The van der Waals surface area contributed by atoms with E-state index in [1.165, 1.54) is 12.3 Å². The van der Waals surface area contributed by atoms with Gasteiger partial charge in [-0.15, -0.1) is 0 Å². The lowest BCUT2D eigenvalue weighted by molar-refractivity contribution is 0.0832. The Bertz CT molecular complexity index is 578. The summed E-state index contributed by atoms with van der Waals surface area (Å²) in [6, 6.07) is 1.11. The molecule has 0 saturated carbocycles. The molecule has 8 heteroatoms. The molecule has 100 valence electrons. The van der Waals surface area contributed by atoms with Crippen LogP contribution >= 0.6 is 15.9 Å². The SMILES string of the molecule is O=c1[nH]cc(Br)cc1S(=O)(=O)NC1CCOCC1. The highest BCUT2D eigenvalue weighted by atomic mass is 79.9. The number of hydrogen-bond donors (Lipinski definition) is 2. The summed E-state index contributed by atoms with van der Waals surface area (Å²) >= 11 is 3.13. The lowest BCUT2D eigenvalue weighted by atomic mass is 10.1. The van der Waals surface area contributed by atoms with E-state index in [2.05, 4.69) is 25.6 Å². The number of pyridine rings is 1. The Hall–Kier alpha value is -0.700. The minimum Gasteiger partial charge on any atom is -0.381 e. The van der Waals surface area contributed by atoms with Gasteiger partial charge in [0.2, 0.25) is 10.0 Å². The Morgan fingerprint density at radius 2 is 2.06 bits per heavy atom. The summed E-state index contributed by atoms with van der Waals surface area (Å²) in [5, 5.41) is 0. The number of halogens is 1. The maximum atomic E-state index is 12.1. The van der Waals surface area contributed by atoms with Crippen molar-refractivity contribution < 1.29 is 13.2 Å². The van der Waals surface area contributed by atoms with Gasteiger partial charge in [-0.2, -0.15) is 0 Å². The molecule has 6 nitrogen and oxygen atoms in total. The van der Waals surface area contributed by atoms with Crippen molar-refractivity contribution in [3.63, 3.8) is 0 Å². The van der Waals surface area contributed by atoms with E-state index in [9.17, 15) is 13.2 Å². The summed E-state index contributed by atoms with van der Waals surface area (Å²) in [7, 11) is -3.79. The minimum absolute atomic E-state index is 0.179. The van der Waals surface area contributed by atoms with Gasteiger partial charge in [0.05, 0.1) is 0 Å². The molecular formula is C10H13BrN2O4S. The van der Waals surface area contributed by atoms with Crippen molar-refractivity contribution in [2.75, 3.05) is 13.2 Å². The number of nitrogens with one attached hydrogen (secondary N) is 2. The molecule has 1 fully saturated rings. The van der Waals surface area contributed by atoms with E-state index < -0.39 is 15.6 Å². The maximum absolute atomic E-state index is 12.1. The summed E-state index contributed by atoms with van der Waals surface area (Å²) in [6.07, 6.45) is 2.63. The van der Waals surface area contributed by atoms with Gasteiger partial charge in [-0.05, 0) is 34.8 Å². The van der Waals surface area contributed by atoms with Crippen molar-refractivity contribution in [2.24, 2.45) is 0 Å². The monoisotopic (exact) mass is 336 g/mol. The summed E-state index contributed by atoms with van der Waals surface area (Å²) < 4.78 is 32.4. The predicted molar refractivity (Wildman–Crippen MR) is 68.9 cm³/mol. The second-order valence-electron chi connectivity index (χ2n) is 4.02. The van der Waals surface area contributed by atoms with Crippen molar-refractivity contribution in [2.45, 2.75) is 23.8 Å². The highest BCUT2D eigenvalue weighted by Crippen LogP contribution is 2.14. The van der Waals surface area contributed by atoms with Crippen molar-refractivity contribution in [3.05, 3.63) is 27.1 Å². The third-order valence-electron chi connectivity index (χ3n) is 2.67. The van der Waals surface area contributed by atoms with E-state index in [1.54, 1.807) is 0 Å². The Morgan fingerprint density at radius 1 is 1.39 bits per heavy atom. The number of aromatic amines is 1. The van der Waals surface area contributed by atoms with Crippen LogP contribution in [0.3, 0.4) is 0 Å². The molecule has 0 amide bonds. The molecule has 1 aromatic heterocycles. The first-order chi connectivity index (χ1) is 8.49. The zero-order valence-electron chi connectivity index (χ0n) is 9.48. The van der Waals surface area contributed by atoms with E-state index in [-0.39, 0.29) is 10.9 Å². The van der Waals surface area contributed by atoms with Crippen LogP contribution in [0.4, 0.5) is 0 Å². The molecule has 0 radical (unpaired) electrons. The highest BCUT2D eigenvalue weighted by Gasteiger charge is 2.24. The topological polar surface area (TPSA) is 88.3 Å². The number of sulfonamides is 1. The summed E-state index contributed by atoms with van der Waals surface area (Å²) in [6.45, 7) is 1.06. The maximum Gasteiger partial charge on any atom is 0.268 e. The molecule has 1 aliphatic rings.